The highest BCUT2D eigenvalue weighted by atomic mass is 32.1. The normalized spacial score (nSPS) is 12.9. The number of aromatic nitrogens is 2. The predicted molar refractivity (Wildman–Crippen MR) is 197 cm³/mol. The molecule has 0 bridgehead atoms. The Morgan fingerprint density at radius 1 is 0.362 bits per heavy atom. The van der Waals surface area contributed by atoms with Gasteiger partial charge in [0.05, 0.1) is 20.8 Å². The molecule has 0 spiro atoms. The fourth-order valence-electron chi connectivity index (χ4n) is 8.10. The van der Waals surface area contributed by atoms with E-state index in [9.17, 15) is 0 Å². The van der Waals surface area contributed by atoms with Crippen molar-refractivity contribution in [3.63, 3.8) is 0 Å². The second-order valence-electron chi connectivity index (χ2n) is 12.9. The molecule has 0 N–H and O–H groups in total. The van der Waals surface area contributed by atoms with Crippen LogP contribution in [0.2, 0.25) is 0 Å². The molecule has 7 aromatic carbocycles. The Hall–Kier alpha value is -5.64. The molecule has 2 aliphatic carbocycles. The average molecular weight is 615 g/mol. The van der Waals surface area contributed by atoms with E-state index in [4.69, 9.17) is 9.97 Å². The zero-order chi connectivity index (χ0) is 30.6. The van der Waals surface area contributed by atoms with Crippen LogP contribution in [-0.2, 0) is 12.8 Å². The van der Waals surface area contributed by atoms with Crippen molar-refractivity contribution >= 4 is 54.9 Å². The number of nitrogens with zero attached hydrogens (tertiary/aromatic N) is 2. The van der Waals surface area contributed by atoms with E-state index >= 15 is 0 Å². The minimum atomic E-state index is 0.965. The molecule has 2 heterocycles. The summed E-state index contributed by atoms with van der Waals surface area (Å²) in [5, 5.41) is 4.72. The van der Waals surface area contributed by atoms with Crippen LogP contribution in [0.15, 0.2) is 133 Å². The molecule has 0 radical (unpaired) electrons. The monoisotopic (exact) mass is 614 g/mol. The van der Waals surface area contributed by atoms with E-state index < -0.39 is 0 Å². The van der Waals surface area contributed by atoms with Gasteiger partial charge >= 0.3 is 0 Å². The number of hydrogen-bond acceptors (Lipinski definition) is 3. The third-order valence-electron chi connectivity index (χ3n) is 10.3. The topological polar surface area (TPSA) is 25.8 Å². The van der Waals surface area contributed by atoms with Gasteiger partial charge < -0.3 is 0 Å². The molecule has 3 heteroatoms. The molecule has 0 aliphatic heterocycles. The van der Waals surface area contributed by atoms with Gasteiger partial charge in [-0.05, 0) is 91.4 Å². The van der Waals surface area contributed by atoms with Crippen LogP contribution >= 0.6 is 11.3 Å². The van der Waals surface area contributed by atoms with Gasteiger partial charge in [0, 0.05) is 10.8 Å². The highest BCUT2D eigenvalue weighted by Crippen LogP contribution is 2.48. The summed E-state index contributed by atoms with van der Waals surface area (Å²) in [5.41, 5.74) is 17.2. The van der Waals surface area contributed by atoms with Gasteiger partial charge in [0.15, 0.2) is 0 Å². The van der Waals surface area contributed by atoms with E-state index in [0.29, 0.717) is 0 Å². The van der Waals surface area contributed by atoms with Crippen LogP contribution in [0.3, 0.4) is 0 Å². The van der Waals surface area contributed by atoms with E-state index in [1.807, 2.05) is 11.3 Å². The molecule has 11 rings (SSSR count). The fourth-order valence-corrected chi connectivity index (χ4v) is 9.27. The Labute approximate surface area is 275 Å². The highest BCUT2D eigenvalue weighted by molar-refractivity contribution is 7.20. The molecule has 2 aliphatic rings. The number of hydrogen-bond donors (Lipinski definition) is 0. The molecule has 0 unspecified atom stereocenters. The lowest BCUT2D eigenvalue weighted by atomic mass is 9.98. The summed E-state index contributed by atoms with van der Waals surface area (Å²) in [6.07, 6.45) is 1.98. The molecule has 218 valence electrons. The zero-order valence-corrected chi connectivity index (χ0v) is 26.2. The average Bonchev–Trinajstić information content (AvgIpc) is 3.81. The van der Waals surface area contributed by atoms with Gasteiger partial charge in [0.1, 0.15) is 11.0 Å². The molecular formula is C44H26N2S. The minimum Gasteiger partial charge on any atom is -0.242 e. The second-order valence-corrected chi connectivity index (χ2v) is 13.9. The molecule has 0 amide bonds. The first-order valence-electron chi connectivity index (χ1n) is 16.3. The maximum atomic E-state index is 5.57. The van der Waals surface area contributed by atoms with Crippen molar-refractivity contribution in [2.24, 2.45) is 0 Å². The molecule has 9 aromatic rings. The largest absolute Gasteiger partial charge is 0.242 e. The van der Waals surface area contributed by atoms with Crippen LogP contribution in [0.5, 0.6) is 0 Å². The predicted octanol–water partition coefficient (Wildman–Crippen LogP) is 11.6. The van der Waals surface area contributed by atoms with Gasteiger partial charge in [-0.3, -0.25) is 0 Å². The smallest absolute Gasteiger partial charge is 0.109 e. The van der Waals surface area contributed by atoms with Crippen molar-refractivity contribution in [3.8, 4) is 43.1 Å². The summed E-state index contributed by atoms with van der Waals surface area (Å²) in [5.74, 6) is 0. The molecule has 0 fully saturated rings. The Balaban J connectivity index is 1.23. The van der Waals surface area contributed by atoms with E-state index in [0.717, 1.165) is 45.7 Å². The molecule has 47 heavy (non-hydrogen) atoms. The molecule has 2 nitrogen and oxygen atoms in total. The number of thiophene rings is 1. The van der Waals surface area contributed by atoms with Gasteiger partial charge in [-0.15, -0.1) is 11.3 Å². The van der Waals surface area contributed by atoms with Crippen molar-refractivity contribution < 1.29 is 0 Å². The van der Waals surface area contributed by atoms with Gasteiger partial charge in [-0.1, -0.05) is 121 Å². The summed E-state index contributed by atoms with van der Waals surface area (Å²) in [4.78, 5) is 13.5. The van der Waals surface area contributed by atoms with Gasteiger partial charge in [-0.25, -0.2) is 9.97 Å². The van der Waals surface area contributed by atoms with Crippen LogP contribution in [0.1, 0.15) is 22.3 Å². The number of fused-ring (bicyclic) bond motifs is 13. The first-order valence-corrected chi connectivity index (χ1v) is 17.1. The van der Waals surface area contributed by atoms with Crippen molar-refractivity contribution in [3.05, 3.63) is 156 Å². The van der Waals surface area contributed by atoms with Crippen LogP contribution < -0.4 is 0 Å². The van der Waals surface area contributed by atoms with Crippen molar-refractivity contribution in [1.29, 1.82) is 0 Å². The Bertz CT molecular complexity index is 2610. The lowest BCUT2D eigenvalue weighted by Gasteiger charge is -2.10. The zero-order valence-electron chi connectivity index (χ0n) is 25.4. The third kappa shape index (κ3) is 3.60. The lowest BCUT2D eigenvalue weighted by Crippen LogP contribution is -1.91. The number of rotatable bonds is 2. The summed E-state index contributed by atoms with van der Waals surface area (Å²) in [7, 11) is 0. The van der Waals surface area contributed by atoms with E-state index in [1.165, 1.54) is 76.2 Å². The molecule has 2 aromatic heterocycles. The lowest BCUT2D eigenvalue weighted by molar-refractivity contribution is 1.26. The maximum absolute atomic E-state index is 5.57. The quantitative estimate of drug-likeness (QED) is 0.181. The van der Waals surface area contributed by atoms with Crippen molar-refractivity contribution in [1.82, 2.24) is 9.97 Å². The van der Waals surface area contributed by atoms with E-state index in [2.05, 4.69) is 133 Å². The van der Waals surface area contributed by atoms with Crippen LogP contribution in [0.4, 0.5) is 0 Å². The standard InChI is InChI=1S/C44H26N2S/c1-3-11-31-25(9-1)21-27-17-19-29(23-37(27)31)43-41-42(44(47-43)30-20-18-28-22-26-10-2-4-12-32(26)38(28)24-30)46-40-36-16-8-6-14-34(36)33-13-5-7-15-35(33)39(40)45-41/h1-20,23-24H,21-22H2. The van der Waals surface area contributed by atoms with Gasteiger partial charge in [0.2, 0.25) is 0 Å². The summed E-state index contributed by atoms with van der Waals surface area (Å²) >= 11 is 1.83. The SMILES string of the molecule is c1ccc2c(c1)Cc1ccc(-c3sc(-c4ccc5c(c4)-c4ccccc4C5)c4nc5c6ccccc6c6ccccc6c5nc34)cc1-2. The van der Waals surface area contributed by atoms with Crippen molar-refractivity contribution in [2.75, 3.05) is 0 Å². The van der Waals surface area contributed by atoms with Gasteiger partial charge in [0.25, 0.3) is 0 Å². The maximum Gasteiger partial charge on any atom is 0.109 e. The Morgan fingerprint density at radius 2 is 0.766 bits per heavy atom. The summed E-state index contributed by atoms with van der Waals surface area (Å²) < 4.78 is 0. The molecular weight excluding hydrogens is 589 g/mol. The summed E-state index contributed by atoms with van der Waals surface area (Å²) in [6, 6.07) is 48.9. The van der Waals surface area contributed by atoms with Crippen molar-refractivity contribution in [2.45, 2.75) is 12.8 Å². The Morgan fingerprint density at radius 3 is 1.26 bits per heavy atom. The van der Waals surface area contributed by atoms with Crippen LogP contribution in [0, 0.1) is 0 Å². The third-order valence-corrected chi connectivity index (χ3v) is 11.6. The molecule has 0 atom stereocenters. The summed E-state index contributed by atoms with van der Waals surface area (Å²) in [6.45, 7) is 0. The minimum absolute atomic E-state index is 0.965. The van der Waals surface area contributed by atoms with Crippen LogP contribution in [-0.4, -0.2) is 9.97 Å². The Kier molecular flexibility index (Phi) is 5.13. The highest BCUT2D eigenvalue weighted by Gasteiger charge is 2.25. The first-order chi connectivity index (χ1) is 23.3. The van der Waals surface area contributed by atoms with E-state index in [-0.39, 0.29) is 0 Å². The number of benzene rings is 7. The molecule has 0 saturated heterocycles. The second kappa shape index (κ2) is 9.45. The first kappa shape index (κ1) is 25.5. The molecule has 0 saturated carbocycles. The van der Waals surface area contributed by atoms with Crippen LogP contribution in [0.25, 0.3) is 86.7 Å². The fraction of sp³-hybridized carbons (Fsp3) is 0.0455. The van der Waals surface area contributed by atoms with E-state index in [1.54, 1.807) is 0 Å². The van der Waals surface area contributed by atoms with Gasteiger partial charge in [-0.2, -0.15) is 0 Å².